The number of ether oxygens (including phenoxy) is 1. The first-order valence-corrected chi connectivity index (χ1v) is 6.45. The largest absolute Gasteiger partial charge is 0.376 e. The van der Waals surface area contributed by atoms with Crippen molar-refractivity contribution in [3.05, 3.63) is 12.7 Å². The number of likely N-dealkylation sites (N-methyl/N-ethyl adjacent to an activating group) is 1. The summed E-state index contributed by atoms with van der Waals surface area (Å²) in [7, 11) is 0. The molecule has 0 aromatic rings. The molecule has 1 saturated heterocycles. The van der Waals surface area contributed by atoms with Crippen molar-refractivity contribution < 1.29 is 9.53 Å². The van der Waals surface area contributed by atoms with Crippen LogP contribution in [0.15, 0.2) is 12.7 Å². The van der Waals surface area contributed by atoms with Crippen LogP contribution in [0.2, 0.25) is 0 Å². The molecular weight excluding hydrogens is 216 g/mol. The van der Waals surface area contributed by atoms with Crippen LogP contribution in [0, 0.1) is 0 Å². The van der Waals surface area contributed by atoms with E-state index in [1.165, 1.54) is 0 Å². The van der Waals surface area contributed by atoms with Crippen LogP contribution in [-0.4, -0.2) is 42.8 Å². The maximum Gasteiger partial charge on any atom is 0.317 e. The summed E-state index contributed by atoms with van der Waals surface area (Å²) in [6.07, 6.45) is 5.00. The van der Waals surface area contributed by atoms with E-state index in [1.807, 2.05) is 24.8 Å². The van der Waals surface area contributed by atoms with E-state index in [0.29, 0.717) is 13.1 Å². The number of nitrogens with one attached hydrogen (secondary N) is 1. The molecule has 17 heavy (non-hydrogen) atoms. The molecule has 2 amide bonds. The number of amides is 2. The molecule has 1 heterocycles. The van der Waals surface area contributed by atoms with Crippen LogP contribution in [0.1, 0.15) is 33.1 Å². The highest BCUT2D eigenvalue weighted by molar-refractivity contribution is 5.74. The van der Waals surface area contributed by atoms with Gasteiger partial charge in [-0.1, -0.05) is 6.08 Å². The summed E-state index contributed by atoms with van der Waals surface area (Å²) in [6.45, 7) is 9.89. The van der Waals surface area contributed by atoms with Gasteiger partial charge in [0.05, 0.1) is 6.10 Å². The smallest absolute Gasteiger partial charge is 0.317 e. The van der Waals surface area contributed by atoms with Crippen molar-refractivity contribution in [2.24, 2.45) is 0 Å². The van der Waals surface area contributed by atoms with Gasteiger partial charge in [-0.15, -0.1) is 6.58 Å². The van der Waals surface area contributed by atoms with E-state index < -0.39 is 0 Å². The van der Waals surface area contributed by atoms with Crippen molar-refractivity contribution in [3.63, 3.8) is 0 Å². The molecule has 0 radical (unpaired) electrons. The molecule has 98 valence electrons. The van der Waals surface area contributed by atoms with Gasteiger partial charge in [-0.05, 0) is 33.1 Å². The van der Waals surface area contributed by atoms with Gasteiger partial charge < -0.3 is 15.0 Å². The predicted octanol–water partition coefficient (Wildman–Crippen LogP) is 2.16. The Morgan fingerprint density at radius 3 is 3.00 bits per heavy atom. The summed E-state index contributed by atoms with van der Waals surface area (Å²) < 4.78 is 5.55. The lowest BCUT2D eigenvalue weighted by atomic mass is 10.2. The Morgan fingerprint density at radius 2 is 2.47 bits per heavy atom. The van der Waals surface area contributed by atoms with Crippen molar-refractivity contribution in [2.75, 3.05) is 19.7 Å². The number of hydrogen-bond donors (Lipinski definition) is 1. The molecule has 1 N–H and O–H groups in total. The topological polar surface area (TPSA) is 41.6 Å². The highest BCUT2D eigenvalue weighted by atomic mass is 16.5. The lowest BCUT2D eigenvalue weighted by Crippen LogP contribution is -2.46. The van der Waals surface area contributed by atoms with Gasteiger partial charge in [-0.25, -0.2) is 4.79 Å². The number of urea groups is 1. The Labute approximate surface area is 104 Å². The van der Waals surface area contributed by atoms with E-state index in [1.54, 1.807) is 0 Å². The molecule has 4 nitrogen and oxygen atoms in total. The van der Waals surface area contributed by atoms with Crippen molar-refractivity contribution >= 4 is 6.03 Å². The van der Waals surface area contributed by atoms with Gasteiger partial charge in [0.15, 0.2) is 0 Å². The molecule has 4 heteroatoms. The molecule has 1 aliphatic heterocycles. The van der Waals surface area contributed by atoms with Gasteiger partial charge in [0.1, 0.15) is 0 Å². The number of carbonyl (C=O) groups is 1. The van der Waals surface area contributed by atoms with Crippen LogP contribution < -0.4 is 5.32 Å². The number of rotatable bonds is 6. The third-order valence-corrected chi connectivity index (χ3v) is 3.01. The molecule has 0 saturated carbocycles. The van der Waals surface area contributed by atoms with Crippen molar-refractivity contribution in [1.29, 1.82) is 0 Å². The average molecular weight is 240 g/mol. The normalized spacial score (nSPS) is 20.9. The molecular formula is C13H24N2O2. The maximum atomic E-state index is 12.0. The van der Waals surface area contributed by atoms with Crippen LogP contribution in [-0.2, 0) is 4.74 Å². The van der Waals surface area contributed by atoms with Gasteiger partial charge >= 0.3 is 6.03 Å². The van der Waals surface area contributed by atoms with Crippen LogP contribution in [0.4, 0.5) is 4.79 Å². The first-order valence-electron chi connectivity index (χ1n) is 6.45. The zero-order chi connectivity index (χ0) is 12.7. The highest BCUT2D eigenvalue weighted by Gasteiger charge is 2.21. The summed E-state index contributed by atoms with van der Waals surface area (Å²) in [5, 5.41) is 2.97. The van der Waals surface area contributed by atoms with Crippen molar-refractivity contribution in [2.45, 2.75) is 45.3 Å². The fourth-order valence-corrected chi connectivity index (χ4v) is 2.00. The number of hydrogen-bond acceptors (Lipinski definition) is 2. The van der Waals surface area contributed by atoms with Gasteiger partial charge in [0, 0.05) is 25.7 Å². The van der Waals surface area contributed by atoms with Gasteiger partial charge in [-0.2, -0.15) is 0 Å². The Bertz CT molecular complexity index is 250. The third-order valence-electron chi connectivity index (χ3n) is 3.01. The molecule has 0 spiro atoms. The van der Waals surface area contributed by atoms with Crippen LogP contribution in [0.25, 0.3) is 0 Å². The van der Waals surface area contributed by atoms with Crippen LogP contribution in [0.5, 0.6) is 0 Å². The zero-order valence-electron chi connectivity index (χ0n) is 10.9. The first-order chi connectivity index (χ1) is 8.17. The molecule has 2 atom stereocenters. The van der Waals surface area contributed by atoms with E-state index in [4.69, 9.17) is 4.74 Å². The quantitative estimate of drug-likeness (QED) is 0.723. The van der Waals surface area contributed by atoms with Crippen molar-refractivity contribution in [1.82, 2.24) is 10.2 Å². The summed E-state index contributed by atoms with van der Waals surface area (Å²) in [6, 6.07) is 0.135. The van der Waals surface area contributed by atoms with E-state index in [2.05, 4.69) is 11.9 Å². The molecule has 0 bridgehead atoms. The number of nitrogens with zero attached hydrogens (tertiary/aromatic N) is 1. The summed E-state index contributed by atoms with van der Waals surface area (Å²) >= 11 is 0. The standard InChI is InChI=1S/C13H24N2O2/c1-4-7-11(3)14-13(16)15(5-2)10-12-8-6-9-17-12/h4,11-12H,1,5-10H2,2-3H3,(H,14,16). The molecule has 0 aromatic heterocycles. The third kappa shape index (κ3) is 4.77. The fraction of sp³-hybridized carbons (Fsp3) is 0.769. The van der Waals surface area contributed by atoms with E-state index in [9.17, 15) is 4.79 Å². The molecule has 1 fully saturated rings. The monoisotopic (exact) mass is 240 g/mol. The molecule has 1 rings (SSSR count). The Balaban J connectivity index is 2.37. The SMILES string of the molecule is C=CCC(C)NC(=O)N(CC)CC1CCCO1. The second-order valence-electron chi connectivity index (χ2n) is 4.55. The van der Waals surface area contributed by atoms with E-state index in [0.717, 1.165) is 25.9 Å². The molecule has 0 aliphatic carbocycles. The highest BCUT2D eigenvalue weighted by Crippen LogP contribution is 2.13. The average Bonchev–Trinajstić information content (AvgIpc) is 2.78. The second-order valence-corrected chi connectivity index (χ2v) is 4.55. The van der Waals surface area contributed by atoms with Crippen LogP contribution in [0.3, 0.4) is 0 Å². The fourth-order valence-electron chi connectivity index (χ4n) is 2.00. The zero-order valence-corrected chi connectivity index (χ0v) is 10.9. The Morgan fingerprint density at radius 1 is 1.71 bits per heavy atom. The minimum atomic E-state index is -0.00245. The predicted molar refractivity (Wildman–Crippen MR) is 69.0 cm³/mol. The summed E-state index contributed by atoms with van der Waals surface area (Å²) in [4.78, 5) is 13.8. The van der Waals surface area contributed by atoms with Gasteiger partial charge in [0.25, 0.3) is 0 Å². The van der Waals surface area contributed by atoms with Gasteiger partial charge in [-0.3, -0.25) is 0 Å². The molecule has 2 unspecified atom stereocenters. The first kappa shape index (κ1) is 14.0. The Hall–Kier alpha value is -1.03. The Kier molecular flexibility index (Phi) is 6.05. The lowest BCUT2D eigenvalue weighted by molar-refractivity contribution is 0.0822. The van der Waals surface area contributed by atoms with E-state index >= 15 is 0 Å². The molecule has 1 aliphatic rings. The van der Waals surface area contributed by atoms with Crippen LogP contribution >= 0.6 is 0 Å². The number of carbonyl (C=O) groups excluding carboxylic acids is 1. The second kappa shape index (κ2) is 7.33. The van der Waals surface area contributed by atoms with Crippen molar-refractivity contribution in [3.8, 4) is 0 Å². The van der Waals surface area contributed by atoms with Gasteiger partial charge in [0.2, 0.25) is 0 Å². The minimum Gasteiger partial charge on any atom is -0.376 e. The summed E-state index contributed by atoms with van der Waals surface area (Å²) in [5.74, 6) is 0. The lowest BCUT2D eigenvalue weighted by Gasteiger charge is -2.25. The van der Waals surface area contributed by atoms with E-state index in [-0.39, 0.29) is 18.2 Å². The minimum absolute atomic E-state index is 0.00245. The molecule has 0 aromatic carbocycles. The summed E-state index contributed by atoms with van der Waals surface area (Å²) in [5.41, 5.74) is 0. The maximum absolute atomic E-state index is 12.0.